The molecule has 2 rings (SSSR count). The number of hydrogen-bond donors (Lipinski definition) is 0. The summed E-state index contributed by atoms with van der Waals surface area (Å²) in [6, 6.07) is 1.45. The van der Waals surface area contributed by atoms with Crippen molar-refractivity contribution in [2.75, 3.05) is 39.4 Å². The topological polar surface area (TPSA) is 15.7 Å². The van der Waals surface area contributed by atoms with Gasteiger partial charge in [0.15, 0.2) is 0 Å². The number of hydrogen-bond acceptors (Lipinski definition) is 3. The molecule has 0 aromatic carbocycles. The molecule has 112 valence electrons. The minimum Gasteiger partial charge on any atom is -0.379 e. The highest BCUT2D eigenvalue weighted by molar-refractivity contribution is 4.77. The molecule has 2 unspecified atom stereocenters. The molecule has 2 fully saturated rings. The van der Waals surface area contributed by atoms with Gasteiger partial charge in [-0.25, -0.2) is 0 Å². The maximum absolute atomic E-state index is 5.45. The summed E-state index contributed by atoms with van der Waals surface area (Å²) >= 11 is 0. The fourth-order valence-corrected chi connectivity index (χ4v) is 3.59. The molecule has 0 saturated carbocycles. The Morgan fingerprint density at radius 2 is 1.68 bits per heavy atom. The van der Waals surface area contributed by atoms with Crippen LogP contribution in [-0.2, 0) is 4.74 Å². The molecule has 0 aliphatic carbocycles. The van der Waals surface area contributed by atoms with Crippen molar-refractivity contribution in [3.8, 4) is 0 Å². The van der Waals surface area contributed by atoms with E-state index in [1.165, 1.54) is 38.8 Å². The summed E-state index contributed by atoms with van der Waals surface area (Å²) in [4.78, 5) is 5.27. The molecule has 2 saturated heterocycles. The third-order valence-electron chi connectivity index (χ3n) is 4.96. The Hall–Kier alpha value is -0.120. The summed E-state index contributed by atoms with van der Waals surface area (Å²) in [7, 11) is 0. The smallest absolute Gasteiger partial charge is 0.0594 e. The van der Waals surface area contributed by atoms with Gasteiger partial charge in [0.25, 0.3) is 0 Å². The van der Waals surface area contributed by atoms with Crippen LogP contribution in [0, 0.1) is 5.92 Å². The summed E-state index contributed by atoms with van der Waals surface area (Å²) in [5, 5.41) is 0. The molecule has 0 spiro atoms. The van der Waals surface area contributed by atoms with Crippen LogP contribution in [-0.4, -0.2) is 61.3 Å². The number of ether oxygens (including phenoxy) is 1. The van der Waals surface area contributed by atoms with E-state index in [1.54, 1.807) is 0 Å². The fraction of sp³-hybridized carbons (Fsp3) is 1.00. The summed E-state index contributed by atoms with van der Waals surface area (Å²) in [6.45, 7) is 13.8. The lowest BCUT2D eigenvalue weighted by atomic mass is 9.92. The highest BCUT2D eigenvalue weighted by atomic mass is 16.5. The average molecular weight is 268 g/mol. The zero-order valence-corrected chi connectivity index (χ0v) is 13.1. The van der Waals surface area contributed by atoms with Crippen molar-refractivity contribution in [2.45, 2.75) is 58.5 Å². The Kier molecular flexibility index (Phi) is 6.11. The van der Waals surface area contributed by atoms with E-state index in [1.807, 2.05) is 0 Å². The molecule has 2 aliphatic heterocycles. The molecule has 2 heterocycles. The van der Waals surface area contributed by atoms with Crippen LogP contribution in [0.4, 0.5) is 0 Å². The zero-order chi connectivity index (χ0) is 13.7. The average Bonchev–Trinajstić information content (AvgIpc) is 2.65. The molecule has 0 radical (unpaired) electrons. The second-order valence-electron chi connectivity index (χ2n) is 6.66. The summed E-state index contributed by atoms with van der Waals surface area (Å²) in [5.41, 5.74) is 0. The first-order valence-corrected chi connectivity index (χ1v) is 8.22. The normalized spacial score (nSPS) is 29.4. The van der Waals surface area contributed by atoms with Crippen LogP contribution in [0.15, 0.2) is 0 Å². The molecule has 0 aromatic heterocycles. The Labute approximate surface area is 119 Å². The lowest BCUT2D eigenvalue weighted by Crippen LogP contribution is -2.43. The minimum absolute atomic E-state index is 0.718. The molecular formula is C16H32N2O. The monoisotopic (exact) mass is 268 g/mol. The van der Waals surface area contributed by atoms with E-state index in [-0.39, 0.29) is 0 Å². The first-order chi connectivity index (χ1) is 9.16. The van der Waals surface area contributed by atoms with Crippen LogP contribution in [0.3, 0.4) is 0 Å². The van der Waals surface area contributed by atoms with Gasteiger partial charge in [-0.2, -0.15) is 0 Å². The quantitative estimate of drug-likeness (QED) is 0.779. The molecule has 0 bridgehead atoms. The molecule has 3 heteroatoms. The van der Waals surface area contributed by atoms with Crippen molar-refractivity contribution in [3.05, 3.63) is 0 Å². The van der Waals surface area contributed by atoms with Gasteiger partial charge in [-0.15, -0.1) is 0 Å². The summed E-state index contributed by atoms with van der Waals surface area (Å²) < 4.78 is 5.45. The lowest BCUT2D eigenvalue weighted by molar-refractivity contribution is 0.0149. The largest absolute Gasteiger partial charge is 0.379 e. The highest BCUT2D eigenvalue weighted by Gasteiger charge is 2.23. The van der Waals surface area contributed by atoms with Gasteiger partial charge in [-0.05, 0) is 65.5 Å². The van der Waals surface area contributed by atoms with Gasteiger partial charge in [0, 0.05) is 25.2 Å². The van der Waals surface area contributed by atoms with Gasteiger partial charge in [0.1, 0.15) is 0 Å². The van der Waals surface area contributed by atoms with Crippen molar-refractivity contribution in [3.63, 3.8) is 0 Å². The first kappa shape index (κ1) is 15.3. The van der Waals surface area contributed by atoms with Crippen LogP contribution in [0.1, 0.15) is 46.5 Å². The summed E-state index contributed by atoms with van der Waals surface area (Å²) in [5.74, 6) is 0.932. The minimum atomic E-state index is 0.718. The second kappa shape index (κ2) is 7.61. The van der Waals surface area contributed by atoms with Crippen LogP contribution < -0.4 is 0 Å². The van der Waals surface area contributed by atoms with Crippen molar-refractivity contribution in [2.24, 2.45) is 5.92 Å². The molecule has 0 N–H and O–H groups in total. The number of rotatable bonds is 4. The molecule has 3 nitrogen and oxygen atoms in total. The fourth-order valence-electron chi connectivity index (χ4n) is 3.59. The van der Waals surface area contributed by atoms with Gasteiger partial charge in [0.05, 0.1) is 13.2 Å². The molecule has 19 heavy (non-hydrogen) atoms. The maximum atomic E-state index is 5.45. The molecule has 2 atom stereocenters. The van der Waals surface area contributed by atoms with E-state index in [0.717, 1.165) is 44.3 Å². The van der Waals surface area contributed by atoms with E-state index in [0.29, 0.717) is 0 Å². The van der Waals surface area contributed by atoms with E-state index in [2.05, 4.69) is 30.6 Å². The van der Waals surface area contributed by atoms with Crippen molar-refractivity contribution < 1.29 is 4.74 Å². The Balaban J connectivity index is 1.75. The van der Waals surface area contributed by atoms with Crippen molar-refractivity contribution >= 4 is 0 Å². The van der Waals surface area contributed by atoms with Crippen molar-refractivity contribution in [1.29, 1.82) is 0 Å². The van der Waals surface area contributed by atoms with Crippen LogP contribution in [0.2, 0.25) is 0 Å². The van der Waals surface area contributed by atoms with E-state index in [4.69, 9.17) is 4.74 Å². The van der Waals surface area contributed by atoms with Crippen LogP contribution in [0.25, 0.3) is 0 Å². The predicted molar refractivity (Wildman–Crippen MR) is 80.5 cm³/mol. The van der Waals surface area contributed by atoms with Gasteiger partial charge < -0.3 is 9.64 Å². The summed E-state index contributed by atoms with van der Waals surface area (Å²) in [6.07, 6.45) is 5.59. The molecule has 2 aliphatic rings. The molecule has 0 amide bonds. The molecule has 0 aromatic rings. The highest BCUT2D eigenvalue weighted by Crippen LogP contribution is 2.25. The third kappa shape index (κ3) is 4.73. The number of morpholine rings is 1. The van der Waals surface area contributed by atoms with Gasteiger partial charge >= 0.3 is 0 Å². The van der Waals surface area contributed by atoms with Gasteiger partial charge in [0.2, 0.25) is 0 Å². The third-order valence-corrected chi connectivity index (χ3v) is 4.96. The van der Waals surface area contributed by atoms with Crippen LogP contribution in [0.5, 0.6) is 0 Å². The lowest BCUT2D eigenvalue weighted by Gasteiger charge is -2.34. The van der Waals surface area contributed by atoms with Crippen molar-refractivity contribution in [1.82, 2.24) is 9.80 Å². The molecular weight excluding hydrogens is 236 g/mol. The maximum Gasteiger partial charge on any atom is 0.0594 e. The first-order valence-electron chi connectivity index (χ1n) is 8.22. The Morgan fingerprint density at radius 1 is 0.947 bits per heavy atom. The zero-order valence-electron chi connectivity index (χ0n) is 13.1. The van der Waals surface area contributed by atoms with E-state index < -0.39 is 0 Å². The second-order valence-corrected chi connectivity index (χ2v) is 6.66. The Morgan fingerprint density at radius 3 is 2.37 bits per heavy atom. The Bertz CT molecular complexity index is 251. The SMILES string of the molecule is CC(C)N1CCCC(CC(C)N2CCOCC2)CC1. The standard InChI is InChI=1S/C16H32N2O/c1-14(2)17-7-4-5-16(6-8-17)13-15(3)18-9-11-19-12-10-18/h14-16H,4-13H2,1-3H3. The van der Waals surface area contributed by atoms with E-state index >= 15 is 0 Å². The number of likely N-dealkylation sites (tertiary alicyclic amines) is 1. The van der Waals surface area contributed by atoms with Gasteiger partial charge in [-0.3, -0.25) is 4.90 Å². The van der Waals surface area contributed by atoms with E-state index in [9.17, 15) is 0 Å². The van der Waals surface area contributed by atoms with Crippen LogP contribution >= 0.6 is 0 Å². The number of nitrogens with zero attached hydrogens (tertiary/aromatic N) is 2. The predicted octanol–water partition coefficient (Wildman–Crippen LogP) is 2.61. The van der Waals surface area contributed by atoms with Gasteiger partial charge in [-0.1, -0.05) is 0 Å².